The van der Waals surface area contributed by atoms with Crippen molar-refractivity contribution in [2.45, 2.75) is 6.54 Å². The summed E-state index contributed by atoms with van der Waals surface area (Å²) in [5, 5.41) is 3.15. The van der Waals surface area contributed by atoms with E-state index in [1.807, 2.05) is 0 Å². The molecule has 1 rings (SSSR count). The monoisotopic (exact) mass is 239 g/mol. The minimum absolute atomic E-state index is 0.264. The van der Waals surface area contributed by atoms with E-state index in [4.69, 9.17) is 9.47 Å². The second-order valence-corrected chi connectivity index (χ2v) is 3.52. The van der Waals surface area contributed by atoms with Crippen molar-refractivity contribution in [3.63, 3.8) is 0 Å². The maximum atomic E-state index is 13.1. The highest BCUT2D eigenvalue weighted by atomic mass is 19.1. The quantitative estimate of drug-likeness (QED) is 0.557. The molecule has 1 N–H and O–H groups in total. The van der Waals surface area contributed by atoms with Crippen molar-refractivity contribution in [1.29, 1.82) is 0 Å². The predicted octanol–water partition coefficient (Wildman–Crippen LogP) is 2.13. The van der Waals surface area contributed by atoms with Crippen molar-refractivity contribution in [2.24, 2.45) is 0 Å². The first kappa shape index (κ1) is 13.7. The van der Waals surface area contributed by atoms with Gasteiger partial charge in [-0.25, -0.2) is 4.39 Å². The van der Waals surface area contributed by atoms with E-state index in [1.165, 1.54) is 12.1 Å². The molecule has 1 aromatic carbocycles. The van der Waals surface area contributed by atoms with Crippen molar-refractivity contribution < 1.29 is 13.9 Å². The Bertz CT molecular complexity index is 355. The van der Waals surface area contributed by atoms with E-state index in [2.05, 4.69) is 11.9 Å². The number of nitrogens with one attached hydrogen (secondary N) is 1. The Kier molecular flexibility index (Phi) is 6.29. The number of hydrogen-bond acceptors (Lipinski definition) is 3. The molecular formula is C13H18FNO2. The average molecular weight is 239 g/mol. The first-order valence-corrected chi connectivity index (χ1v) is 5.49. The third-order valence-corrected chi connectivity index (χ3v) is 2.18. The van der Waals surface area contributed by atoms with E-state index in [1.54, 1.807) is 19.3 Å². The Balaban J connectivity index is 2.59. The smallest absolute Gasteiger partial charge is 0.124 e. The molecule has 4 heteroatoms. The molecule has 0 aliphatic rings. The fourth-order valence-electron chi connectivity index (χ4n) is 1.37. The summed E-state index contributed by atoms with van der Waals surface area (Å²) in [6.07, 6.45) is 1.66. The second kappa shape index (κ2) is 7.81. The van der Waals surface area contributed by atoms with Gasteiger partial charge >= 0.3 is 0 Å². The Morgan fingerprint density at radius 3 is 3.00 bits per heavy atom. The van der Waals surface area contributed by atoms with E-state index in [0.717, 1.165) is 5.56 Å². The van der Waals surface area contributed by atoms with Crippen LogP contribution >= 0.6 is 0 Å². The van der Waals surface area contributed by atoms with E-state index < -0.39 is 0 Å². The molecule has 3 nitrogen and oxygen atoms in total. The summed E-state index contributed by atoms with van der Waals surface area (Å²) < 4.78 is 23.5. The molecule has 0 saturated carbocycles. The standard InChI is InChI=1S/C13H18FNO2/c1-3-7-17-13-5-4-12(14)9-11(13)10-15-6-8-16-2/h3-5,9,15H,1,6-8,10H2,2H3. The first-order valence-electron chi connectivity index (χ1n) is 5.49. The van der Waals surface area contributed by atoms with E-state index in [9.17, 15) is 4.39 Å². The number of rotatable bonds is 8. The van der Waals surface area contributed by atoms with E-state index >= 15 is 0 Å². The third kappa shape index (κ3) is 4.97. The first-order chi connectivity index (χ1) is 8.27. The Hall–Kier alpha value is -1.39. The Morgan fingerprint density at radius 1 is 1.47 bits per heavy atom. The van der Waals surface area contributed by atoms with Crippen LogP contribution < -0.4 is 10.1 Å². The third-order valence-electron chi connectivity index (χ3n) is 2.18. The Labute approximate surface area is 101 Å². The van der Waals surface area contributed by atoms with Crippen molar-refractivity contribution >= 4 is 0 Å². The SMILES string of the molecule is C=CCOc1ccc(F)cc1CNCCOC. The molecule has 0 amide bonds. The van der Waals surface area contributed by atoms with Gasteiger partial charge in [-0.05, 0) is 18.2 Å². The van der Waals surface area contributed by atoms with Crippen LogP contribution in [0.2, 0.25) is 0 Å². The van der Waals surface area contributed by atoms with Crippen LogP contribution in [0.25, 0.3) is 0 Å². The van der Waals surface area contributed by atoms with Crippen molar-refractivity contribution in [2.75, 3.05) is 26.9 Å². The van der Waals surface area contributed by atoms with Gasteiger partial charge in [0.1, 0.15) is 18.2 Å². The second-order valence-electron chi connectivity index (χ2n) is 3.52. The molecule has 0 aliphatic carbocycles. The molecule has 0 spiro atoms. The van der Waals surface area contributed by atoms with Crippen LogP contribution in [-0.4, -0.2) is 26.9 Å². The molecule has 0 heterocycles. The zero-order chi connectivity index (χ0) is 12.5. The summed E-state index contributed by atoms with van der Waals surface area (Å²) in [4.78, 5) is 0. The van der Waals surface area contributed by atoms with Gasteiger partial charge in [-0.1, -0.05) is 12.7 Å². The number of benzene rings is 1. The normalized spacial score (nSPS) is 10.2. The molecule has 0 fully saturated rings. The summed E-state index contributed by atoms with van der Waals surface area (Å²) in [6, 6.07) is 4.49. The highest BCUT2D eigenvalue weighted by Gasteiger charge is 2.04. The van der Waals surface area contributed by atoms with Crippen molar-refractivity contribution in [1.82, 2.24) is 5.32 Å². The molecule has 0 aliphatic heterocycles. The van der Waals surface area contributed by atoms with Gasteiger partial charge in [0.25, 0.3) is 0 Å². The molecule has 0 radical (unpaired) electrons. The fraction of sp³-hybridized carbons (Fsp3) is 0.385. The minimum Gasteiger partial charge on any atom is -0.489 e. The topological polar surface area (TPSA) is 30.5 Å². The van der Waals surface area contributed by atoms with Crippen LogP contribution in [0.4, 0.5) is 4.39 Å². The van der Waals surface area contributed by atoms with Gasteiger partial charge in [0, 0.05) is 25.8 Å². The minimum atomic E-state index is -0.264. The zero-order valence-corrected chi connectivity index (χ0v) is 10.0. The molecule has 0 aromatic heterocycles. The summed E-state index contributed by atoms with van der Waals surface area (Å²) in [5.74, 6) is 0.413. The van der Waals surface area contributed by atoms with Crippen LogP contribution in [0.1, 0.15) is 5.56 Å². The summed E-state index contributed by atoms with van der Waals surface area (Å²) >= 11 is 0. The maximum absolute atomic E-state index is 13.1. The number of ether oxygens (including phenoxy) is 2. The average Bonchev–Trinajstić information content (AvgIpc) is 2.33. The number of hydrogen-bond donors (Lipinski definition) is 1. The lowest BCUT2D eigenvalue weighted by molar-refractivity contribution is 0.199. The lowest BCUT2D eigenvalue weighted by Gasteiger charge is -2.11. The molecule has 17 heavy (non-hydrogen) atoms. The molecule has 1 aromatic rings. The number of halogens is 1. The molecule has 0 bridgehead atoms. The highest BCUT2D eigenvalue weighted by Crippen LogP contribution is 2.19. The van der Waals surface area contributed by atoms with Crippen molar-refractivity contribution in [3.05, 3.63) is 42.2 Å². The van der Waals surface area contributed by atoms with Gasteiger partial charge in [-0.2, -0.15) is 0 Å². The van der Waals surface area contributed by atoms with Gasteiger partial charge in [-0.15, -0.1) is 0 Å². The molecule has 0 atom stereocenters. The van der Waals surface area contributed by atoms with Crippen LogP contribution in [0.5, 0.6) is 5.75 Å². The summed E-state index contributed by atoms with van der Waals surface area (Å²) in [6.45, 7) is 5.88. The molecular weight excluding hydrogens is 221 g/mol. The molecule has 0 saturated heterocycles. The zero-order valence-electron chi connectivity index (χ0n) is 10.0. The lowest BCUT2D eigenvalue weighted by Crippen LogP contribution is -2.19. The van der Waals surface area contributed by atoms with Crippen LogP contribution in [0.3, 0.4) is 0 Å². The van der Waals surface area contributed by atoms with Gasteiger partial charge in [0.05, 0.1) is 6.61 Å². The van der Waals surface area contributed by atoms with Crippen LogP contribution in [0, 0.1) is 5.82 Å². The van der Waals surface area contributed by atoms with Gasteiger partial charge < -0.3 is 14.8 Å². The predicted molar refractivity (Wildman–Crippen MR) is 65.7 cm³/mol. The summed E-state index contributed by atoms with van der Waals surface area (Å²) in [5.41, 5.74) is 0.794. The highest BCUT2D eigenvalue weighted by molar-refractivity contribution is 5.34. The maximum Gasteiger partial charge on any atom is 0.124 e. The Morgan fingerprint density at radius 2 is 2.29 bits per heavy atom. The van der Waals surface area contributed by atoms with Gasteiger partial charge in [0.15, 0.2) is 0 Å². The largest absolute Gasteiger partial charge is 0.489 e. The molecule has 0 unspecified atom stereocenters. The number of methoxy groups -OCH3 is 1. The van der Waals surface area contributed by atoms with Gasteiger partial charge in [-0.3, -0.25) is 0 Å². The van der Waals surface area contributed by atoms with E-state index in [-0.39, 0.29) is 5.82 Å². The van der Waals surface area contributed by atoms with Crippen LogP contribution in [-0.2, 0) is 11.3 Å². The van der Waals surface area contributed by atoms with Crippen molar-refractivity contribution in [3.8, 4) is 5.75 Å². The summed E-state index contributed by atoms with van der Waals surface area (Å²) in [7, 11) is 1.64. The molecule has 94 valence electrons. The fourth-order valence-corrected chi connectivity index (χ4v) is 1.37. The van der Waals surface area contributed by atoms with Crippen LogP contribution in [0.15, 0.2) is 30.9 Å². The van der Waals surface area contributed by atoms with E-state index in [0.29, 0.717) is 32.1 Å². The lowest BCUT2D eigenvalue weighted by atomic mass is 10.2. The van der Waals surface area contributed by atoms with Gasteiger partial charge in [0.2, 0.25) is 0 Å².